The van der Waals surface area contributed by atoms with E-state index in [2.05, 4.69) is 75.7 Å². The number of nitrogens with one attached hydrogen (secondary N) is 3. The topological polar surface area (TPSA) is 78.0 Å². The van der Waals surface area contributed by atoms with Gasteiger partial charge in [-0.25, -0.2) is 0 Å². The molecule has 1 aliphatic heterocycles. The lowest BCUT2D eigenvalue weighted by Gasteiger charge is -2.20. The van der Waals surface area contributed by atoms with E-state index in [1.54, 1.807) is 6.20 Å². The Balaban J connectivity index is 1.22. The van der Waals surface area contributed by atoms with Crippen LogP contribution in [0.3, 0.4) is 0 Å². The van der Waals surface area contributed by atoms with Crippen LogP contribution in [0.2, 0.25) is 0 Å². The Morgan fingerprint density at radius 1 is 1.09 bits per heavy atom. The maximum absolute atomic E-state index is 4.99. The number of aromatic amines is 1. The zero-order valence-electron chi connectivity index (χ0n) is 19.3. The number of amidine groups is 1. The highest BCUT2D eigenvalue weighted by molar-refractivity contribution is 6.05. The van der Waals surface area contributed by atoms with Gasteiger partial charge in [0, 0.05) is 40.4 Å². The fraction of sp³-hybridized carbons (Fsp3) is 0.179. The standard InChI is InChI=1S/C28H28N6/c1-19-13-25(32-28(14-19)33-26-10-11-27-23(16-26)18-30-34-27)9-8-21-5-3-7-24(15-21)31-20(2)22-6-4-12-29-17-22/h3-7,10-12,14-18,25,31H,2,8-9,13H2,1H3,(H,30,34)(H,32,33). The van der Waals surface area contributed by atoms with Crippen molar-refractivity contribution in [1.82, 2.24) is 15.2 Å². The van der Waals surface area contributed by atoms with Crippen LogP contribution >= 0.6 is 0 Å². The second-order valence-corrected chi connectivity index (χ2v) is 8.74. The molecule has 34 heavy (non-hydrogen) atoms. The molecule has 0 spiro atoms. The van der Waals surface area contributed by atoms with Crippen molar-refractivity contribution in [3.63, 3.8) is 0 Å². The molecule has 3 N–H and O–H groups in total. The molecule has 6 nitrogen and oxygen atoms in total. The molecule has 1 atom stereocenters. The van der Waals surface area contributed by atoms with E-state index >= 15 is 0 Å². The van der Waals surface area contributed by atoms with Crippen molar-refractivity contribution in [1.29, 1.82) is 0 Å². The molecule has 0 aliphatic carbocycles. The van der Waals surface area contributed by atoms with Crippen molar-refractivity contribution in [3.05, 3.63) is 103 Å². The Bertz CT molecular complexity index is 1370. The van der Waals surface area contributed by atoms with Crippen LogP contribution in [-0.4, -0.2) is 27.1 Å². The van der Waals surface area contributed by atoms with Gasteiger partial charge in [-0.1, -0.05) is 24.3 Å². The summed E-state index contributed by atoms with van der Waals surface area (Å²) in [6, 6.07) is 18.9. The predicted octanol–water partition coefficient (Wildman–Crippen LogP) is 6.20. The SMILES string of the molecule is C=C(Nc1cccc(CCC2CC(C)=CC(Nc3ccc4[nH]ncc4c3)=N2)c1)c1cccnc1. The summed E-state index contributed by atoms with van der Waals surface area (Å²) in [6.07, 6.45) is 10.5. The van der Waals surface area contributed by atoms with Crippen molar-refractivity contribution in [3.8, 4) is 0 Å². The second kappa shape index (κ2) is 9.75. The van der Waals surface area contributed by atoms with Gasteiger partial charge in [-0.2, -0.15) is 5.10 Å². The minimum Gasteiger partial charge on any atom is -0.355 e. The lowest BCUT2D eigenvalue weighted by Crippen LogP contribution is -2.20. The molecule has 170 valence electrons. The molecule has 0 bridgehead atoms. The normalized spacial score (nSPS) is 15.5. The molecular weight excluding hydrogens is 420 g/mol. The average Bonchev–Trinajstić information content (AvgIpc) is 3.31. The Kier molecular flexibility index (Phi) is 6.21. The highest BCUT2D eigenvalue weighted by atomic mass is 15.1. The maximum atomic E-state index is 4.99. The molecule has 3 heterocycles. The predicted molar refractivity (Wildman–Crippen MR) is 141 cm³/mol. The number of H-pyrrole nitrogens is 1. The average molecular weight is 449 g/mol. The third kappa shape index (κ3) is 5.23. The zero-order chi connectivity index (χ0) is 23.3. The van der Waals surface area contributed by atoms with E-state index in [9.17, 15) is 0 Å². The van der Waals surface area contributed by atoms with Gasteiger partial charge >= 0.3 is 0 Å². The lowest BCUT2D eigenvalue weighted by molar-refractivity contribution is 0.605. The maximum Gasteiger partial charge on any atom is 0.125 e. The van der Waals surface area contributed by atoms with Crippen LogP contribution < -0.4 is 10.6 Å². The quantitative estimate of drug-likeness (QED) is 0.314. The monoisotopic (exact) mass is 448 g/mol. The van der Waals surface area contributed by atoms with Crippen LogP contribution in [0.15, 0.2) is 96.4 Å². The summed E-state index contributed by atoms with van der Waals surface area (Å²) >= 11 is 0. The Hall–Kier alpha value is -4.19. The third-order valence-corrected chi connectivity index (χ3v) is 5.97. The van der Waals surface area contributed by atoms with Crippen molar-refractivity contribution in [2.45, 2.75) is 32.2 Å². The van der Waals surface area contributed by atoms with E-state index in [1.165, 1.54) is 11.1 Å². The van der Waals surface area contributed by atoms with Gasteiger partial charge in [-0.15, -0.1) is 0 Å². The van der Waals surface area contributed by atoms with Gasteiger partial charge in [-0.3, -0.25) is 15.1 Å². The number of pyridine rings is 1. The summed E-state index contributed by atoms with van der Waals surface area (Å²) in [5.41, 5.74) is 7.53. The van der Waals surface area contributed by atoms with Crippen molar-refractivity contribution in [2.75, 3.05) is 10.6 Å². The van der Waals surface area contributed by atoms with Crippen LogP contribution in [-0.2, 0) is 6.42 Å². The zero-order valence-corrected chi connectivity index (χ0v) is 19.3. The van der Waals surface area contributed by atoms with Crippen LogP contribution in [0.25, 0.3) is 16.6 Å². The van der Waals surface area contributed by atoms with Gasteiger partial charge in [0.1, 0.15) is 5.84 Å². The van der Waals surface area contributed by atoms with E-state index in [-0.39, 0.29) is 6.04 Å². The molecule has 4 aromatic rings. The molecule has 5 rings (SSSR count). The molecule has 6 heteroatoms. The highest BCUT2D eigenvalue weighted by Gasteiger charge is 2.15. The summed E-state index contributed by atoms with van der Waals surface area (Å²) in [5, 5.41) is 15.0. The van der Waals surface area contributed by atoms with Gasteiger partial charge in [0.25, 0.3) is 0 Å². The van der Waals surface area contributed by atoms with E-state index in [4.69, 9.17) is 4.99 Å². The Labute approximate surface area is 199 Å². The van der Waals surface area contributed by atoms with E-state index in [1.807, 2.05) is 36.7 Å². The van der Waals surface area contributed by atoms with E-state index < -0.39 is 0 Å². The minimum atomic E-state index is 0.257. The first-order valence-corrected chi connectivity index (χ1v) is 11.5. The van der Waals surface area contributed by atoms with Crippen LogP contribution in [0.4, 0.5) is 11.4 Å². The van der Waals surface area contributed by atoms with Gasteiger partial charge in [0.2, 0.25) is 0 Å². The molecular formula is C28H28N6. The number of nitrogens with zero attached hydrogens (tertiary/aromatic N) is 3. The van der Waals surface area contributed by atoms with Crippen molar-refractivity contribution in [2.24, 2.45) is 4.99 Å². The number of fused-ring (bicyclic) bond motifs is 1. The van der Waals surface area contributed by atoms with Crippen LogP contribution in [0, 0.1) is 0 Å². The first-order chi connectivity index (χ1) is 16.6. The van der Waals surface area contributed by atoms with E-state index in [0.717, 1.165) is 58.6 Å². The number of aromatic nitrogens is 3. The molecule has 0 amide bonds. The third-order valence-electron chi connectivity index (χ3n) is 5.97. The number of hydrogen-bond acceptors (Lipinski definition) is 5. The number of anilines is 2. The number of hydrogen-bond donors (Lipinski definition) is 3. The van der Waals surface area contributed by atoms with Gasteiger partial charge < -0.3 is 10.6 Å². The molecule has 0 fully saturated rings. The second-order valence-electron chi connectivity index (χ2n) is 8.74. The van der Waals surface area contributed by atoms with E-state index in [0.29, 0.717) is 0 Å². The van der Waals surface area contributed by atoms with Crippen molar-refractivity contribution < 1.29 is 0 Å². The molecule has 0 saturated heterocycles. The number of dihydropyridines is 1. The molecule has 0 radical (unpaired) electrons. The van der Waals surface area contributed by atoms with Gasteiger partial charge in [0.05, 0.1) is 17.8 Å². The largest absolute Gasteiger partial charge is 0.355 e. The van der Waals surface area contributed by atoms with Gasteiger partial charge in [-0.05, 0) is 80.3 Å². The number of rotatable bonds is 7. The van der Waals surface area contributed by atoms with Crippen LogP contribution in [0.5, 0.6) is 0 Å². The molecule has 1 unspecified atom stereocenters. The fourth-order valence-electron chi connectivity index (χ4n) is 4.27. The molecule has 1 aliphatic rings. The van der Waals surface area contributed by atoms with Gasteiger partial charge in [0.15, 0.2) is 0 Å². The summed E-state index contributed by atoms with van der Waals surface area (Å²) < 4.78 is 0. The van der Waals surface area contributed by atoms with Crippen LogP contribution in [0.1, 0.15) is 30.9 Å². The summed E-state index contributed by atoms with van der Waals surface area (Å²) in [7, 11) is 0. The highest BCUT2D eigenvalue weighted by Crippen LogP contribution is 2.23. The summed E-state index contributed by atoms with van der Waals surface area (Å²) in [6.45, 7) is 6.32. The fourth-order valence-corrected chi connectivity index (χ4v) is 4.27. The Morgan fingerprint density at radius 3 is 2.91 bits per heavy atom. The minimum absolute atomic E-state index is 0.257. The summed E-state index contributed by atoms with van der Waals surface area (Å²) in [5.74, 6) is 0.916. The molecule has 2 aromatic heterocycles. The number of aliphatic imine (C=N–C) groups is 1. The number of benzene rings is 2. The lowest BCUT2D eigenvalue weighted by atomic mass is 9.97. The first-order valence-electron chi connectivity index (χ1n) is 11.5. The Morgan fingerprint density at radius 2 is 2.03 bits per heavy atom. The van der Waals surface area contributed by atoms with Crippen molar-refractivity contribution >= 4 is 33.8 Å². The first kappa shape index (κ1) is 21.6. The smallest absolute Gasteiger partial charge is 0.125 e. The summed E-state index contributed by atoms with van der Waals surface area (Å²) in [4.78, 5) is 9.16. The molecule has 0 saturated carbocycles. The molecule has 2 aromatic carbocycles. The number of aryl methyl sites for hydroxylation is 1.